The first-order valence-electron chi connectivity index (χ1n) is 2.81. The van der Waals surface area contributed by atoms with E-state index in [1.807, 2.05) is 0 Å². The summed E-state index contributed by atoms with van der Waals surface area (Å²) >= 11 is 0. The van der Waals surface area contributed by atoms with Gasteiger partial charge >= 0.3 is 0 Å². The van der Waals surface area contributed by atoms with Crippen molar-refractivity contribution in [3.8, 4) is 0 Å². The van der Waals surface area contributed by atoms with Gasteiger partial charge in [0.25, 0.3) is 0 Å². The van der Waals surface area contributed by atoms with Crippen molar-refractivity contribution in [1.82, 2.24) is 0 Å². The highest BCUT2D eigenvalue weighted by molar-refractivity contribution is 5.30. The van der Waals surface area contributed by atoms with Crippen LogP contribution in [0, 0.1) is 18.7 Å². The molecule has 0 spiro atoms. The van der Waals surface area contributed by atoms with Gasteiger partial charge in [-0.1, -0.05) is 0 Å². The van der Waals surface area contributed by atoms with Crippen LogP contribution < -0.4 is 5.32 Å². The van der Waals surface area contributed by atoms with Gasteiger partial charge in [-0.05, 0) is 12.1 Å². The summed E-state index contributed by atoms with van der Waals surface area (Å²) in [6.45, 7) is 0. The second-order valence-electron chi connectivity index (χ2n) is 1.87. The highest BCUT2D eigenvalue weighted by Crippen LogP contribution is 2.08. The lowest BCUT2D eigenvalue weighted by molar-refractivity contribution is -0.507. The van der Waals surface area contributed by atoms with Crippen molar-refractivity contribution >= 4 is 5.69 Å². The van der Waals surface area contributed by atoms with Crippen molar-refractivity contribution in [3.05, 3.63) is 36.9 Å². The van der Waals surface area contributed by atoms with E-state index in [9.17, 15) is 8.78 Å². The number of nitrogens with two attached hydrogens (primary N) is 1. The van der Waals surface area contributed by atoms with E-state index in [0.717, 1.165) is 18.2 Å². The first-order chi connectivity index (χ1) is 4.74. The van der Waals surface area contributed by atoms with E-state index in [1.165, 1.54) is 5.32 Å². The summed E-state index contributed by atoms with van der Waals surface area (Å²) < 4.78 is 24.9. The van der Waals surface area contributed by atoms with E-state index in [4.69, 9.17) is 0 Å². The Bertz CT molecular complexity index is 235. The molecule has 0 bridgehead atoms. The maximum absolute atomic E-state index is 12.5. The van der Waals surface area contributed by atoms with Gasteiger partial charge in [0.05, 0.1) is 0 Å². The molecule has 3 heteroatoms. The van der Waals surface area contributed by atoms with Crippen LogP contribution in [0.4, 0.5) is 14.5 Å². The van der Waals surface area contributed by atoms with Crippen molar-refractivity contribution in [3.63, 3.8) is 0 Å². The fourth-order valence-corrected chi connectivity index (χ4v) is 0.671. The first-order valence-corrected chi connectivity index (χ1v) is 2.81. The highest BCUT2D eigenvalue weighted by atomic mass is 19.1. The predicted octanol–water partition coefficient (Wildman–Crippen LogP) is 0.951. The molecule has 0 aliphatic rings. The number of hydrogen-bond acceptors (Lipinski definition) is 0. The average Bonchev–Trinajstić information content (AvgIpc) is 1.94. The molecule has 10 heavy (non-hydrogen) atoms. The largest absolute Gasteiger partial charge is 0.443 e. The molecule has 0 aliphatic heterocycles. The van der Waals surface area contributed by atoms with Gasteiger partial charge in [-0.2, -0.15) is 0 Å². The molecule has 0 radical (unpaired) electrons. The summed E-state index contributed by atoms with van der Waals surface area (Å²) in [7, 11) is 3.33. The van der Waals surface area contributed by atoms with E-state index in [0.29, 0.717) is 0 Å². The molecule has 0 aromatic heterocycles. The molecule has 1 aromatic rings. The lowest BCUT2D eigenvalue weighted by atomic mass is 10.3. The van der Waals surface area contributed by atoms with E-state index in [1.54, 1.807) is 0 Å². The van der Waals surface area contributed by atoms with Gasteiger partial charge in [0.2, 0.25) is 0 Å². The van der Waals surface area contributed by atoms with E-state index >= 15 is 0 Å². The van der Waals surface area contributed by atoms with Crippen molar-refractivity contribution in [2.45, 2.75) is 0 Å². The number of hydrogen-bond donors (Lipinski definition) is 1. The summed E-state index contributed by atoms with van der Waals surface area (Å²) in [6.07, 6.45) is 0. The summed E-state index contributed by atoms with van der Waals surface area (Å²) in [6, 6.07) is 3.25. The number of quaternary nitrogens is 1. The minimum absolute atomic E-state index is 0.194. The zero-order valence-electron chi connectivity index (χ0n) is 5.27. The van der Waals surface area contributed by atoms with E-state index < -0.39 is 11.6 Å². The fourth-order valence-electron chi connectivity index (χ4n) is 0.671. The van der Waals surface area contributed by atoms with Crippen LogP contribution in [0.3, 0.4) is 0 Å². The van der Waals surface area contributed by atoms with Crippen LogP contribution in [0.25, 0.3) is 0 Å². The molecule has 0 unspecified atom stereocenters. The van der Waals surface area contributed by atoms with E-state index in [-0.39, 0.29) is 5.69 Å². The molecule has 1 aromatic carbocycles. The van der Waals surface area contributed by atoms with Gasteiger partial charge in [-0.3, -0.25) is 0 Å². The van der Waals surface area contributed by atoms with Crippen molar-refractivity contribution in [1.29, 1.82) is 0 Å². The number of rotatable bonds is 1. The Balaban J connectivity index is 3.09. The minimum atomic E-state index is -0.448. The maximum atomic E-state index is 12.5. The molecule has 0 aliphatic carbocycles. The Kier molecular flexibility index (Phi) is 1.97. The van der Waals surface area contributed by atoms with Gasteiger partial charge in [-0.15, -0.1) is 7.05 Å². The molecule has 1 nitrogen and oxygen atoms in total. The molecule has 0 saturated heterocycles. The summed E-state index contributed by atoms with van der Waals surface area (Å²) in [4.78, 5) is 0. The Morgan fingerprint density at radius 2 is 2.00 bits per heavy atom. The van der Waals surface area contributed by atoms with Crippen LogP contribution in [0.2, 0.25) is 0 Å². The van der Waals surface area contributed by atoms with Crippen LogP contribution in [0.1, 0.15) is 0 Å². The summed E-state index contributed by atoms with van der Waals surface area (Å²) in [5, 5.41) is 1.28. The Labute approximate surface area is 57.7 Å². The van der Waals surface area contributed by atoms with Gasteiger partial charge < -0.3 is 5.32 Å². The highest BCUT2D eigenvalue weighted by Gasteiger charge is 2.01. The average molecular weight is 143 g/mol. The third-order valence-corrected chi connectivity index (χ3v) is 1.18. The van der Waals surface area contributed by atoms with Crippen LogP contribution in [-0.2, 0) is 0 Å². The predicted molar refractivity (Wildman–Crippen MR) is 33.3 cm³/mol. The normalized spacial score (nSPS) is 9.90. The second-order valence-corrected chi connectivity index (χ2v) is 1.87. The Morgan fingerprint density at radius 3 is 2.50 bits per heavy atom. The quantitative estimate of drug-likeness (QED) is 0.445. The third-order valence-electron chi connectivity index (χ3n) is 1.18. The molecular formula is C7H7F2N. The Hall–Kier alpha value is -0.960. The van der Waals surface area contributed by atoms with Crippen LogP contribution in [0.5, 0.6) is 0 Å². The first kappa shape index (κ1) is 7.15. The molecule has 1 rings (SSSR count). The summed E-state index contributed by atoms with van der Waals surface area (Å²) in [5.74, 6) is -0.896. The standard InChI is InChI=1S/C7H7F2N/c1-10-7-4-5(8)2-3-6(7)9/h2-4H,1,10H2. The van der Waals surface area contributed by atoms with Gasteiger partial charge in [-0.25, -0.2) is 8.78 Å². The van der Waals surface area contributed by atoms with Crippen LogP contribution >= 0.6 is 0 Å². The van der Waals surface area contributed by atoms with Crippen LogP contribution in [-0.4, -0.2) is 0 Å². The van der Waals surface area contributed by atoms with E-state index in [2.05, 4.69) is 7.05 Å². The maximum Gasteiger partial charge on any atom is 0.181 e. The molecule has 0 amide bonds. The zero-order valence-corrected chi connectivity index (χ0v) is 5.27. The monoisotopic (exact) mass is 143 g/mol. The lowest BCUT2D eigenvalue weighted by Gasteiger charge is -1.99. The zero-order chi connectivity index (χ0) is 7.56. The Morgan fingerprint density at radius 1 is 1.30 bits per heavy atom. The SMILES string of the molecule is [CH2-][NH2+]c1cc(F)ccc1F. The van der Waals surface area contributed by atoms with Crippen molar-refractivity contribution < 1.29 is 14.1 Å². The third kappa shape index (κ3) is 1.30. The molecule has 0 atom stereocenters. The van der Waals surface area contributed by atoms with Gasteiger partial charge in [0.1, 0.15) is 11.5 Å². The minimum Gasteiger partial charge on any atom is -0.443 e. The second kappa shape index (κ2) is 2.75. The smallest absolute Gasteiger partial charge is 0.181 e. The molecule has 2 N–H and O–H groups in total. The van der Waals surface area contributed by atoms with Crippen molar-refractivity contribution in [2.24, 2.45) is 0 Å². The van der Waals surface area contributed by atoms with Gasteiger partial charge in [0, 0.05) is 6.07 Å². The molecule has 54 valence electrons. The lowest BCUT2D eigenvalue weighted by Crippen LogP contribution is -2.70. The number of benzene rings is 1. The molecule has 0 saturated carbocycles. The van der Waals surface area contributed by atoms with Crippen molar-refractivity contribution in [2.75, 3.05) is 0 Å². The van der Waals surface area contributed by atoms with Gasteiger partial charge in [0.15, 0.2) is 5.82 Å². The summed E-state index contributed by atoms with van der Waals surface area (Å²) in [5.41, 5.74) is 0.194. The molecule has 0 fully saturated rings. The fraction of sp³-hybridized carbons (Fsp3) is 0. The molecule has 0 heterocycles. The van der Waals surface area contributed by atoms with Crippen LogP contribution in [0.15, 0.2) is 18.2 Å². The molecular weight excluding hydrogens is 136 g/mol. The number of halogens is 2. The topological polar surface area (TPSA) is 16.6 Å².